The molecule has 3 rings (SSSR count). The summed E-state index contributed by atoms with van der Waals surface area (Å²) in [5, 5.41) is 3.01. The van der Waals surface area contributed by atoms with E-state index in [0.717, 1.165) is 5.56 Å². The van der Waals surface area contributed by atoms with E-state index < -0.39 is 15.9 Å². The fraction of sp³-hybridized carbons (Fsp3) is 0.174. The Balaban J connectivity index is 1.89. The zero-order valence-electron chi connectivity index (χ0n) is 18.2. The van der Waals surface area contributed by atoms with E-state index in [1.807, 2.05) is 18.2 Å². The predicted molar refractivity (Wildman–Crippen MR) is 126 cm³/mol. The Kier molecular flexibility index (Phi) is 7.80. The normalized spacial score (nSPS) is 11.0. The van der Waals surface area contributed by atoms with E-state index in [1.165, 1.54) is 51.7 Å². The maximum atomic E-state index is 13.0. The van der Waals surface area contributed by atoms with Crippen molar-refractivity contribution < 1.29 is 27.4 Å². The van der Waals surface area contributed by atoms with Crippen LogP contribution in [0.4, 0.5) is 5.69 Å². The number of ether oxygens (including phenoxy) is 3. The number of halogens is 1. The molecule has 0 radical (unpaired) electrons. The summed E-state index contributed by atoms with van der Waals surface area (Å²) < 4.78 is 44.1. The van der Waals surface area contributed by atoms with Crippen molar-refractivity contribution in [1.82, 2.24) is 4.72 Å². The third kappa shape index (κ3) is 5.75. The first kappa shape index (κ1) is 24.4. The lowest BCUT2D eigenvalue weighted by Crippen LogP contribution is -2.24. The van der Waals surface area contributed by atoms with Gasteiger partial charge in [-0.2, -0.15) is 0 Å². The number of nitrogens with one attached hydrogen (secondary N) is 2. The van der Waals surface area contributed by atoms with Crippen molar-refractivity contribution in [2.45, 2.75) is 11.4 Å². The Morgan fingerprint density at radius 1 is 0.879 bits per heavy atom. The van der Waals surface area contributed by atoms with Crippen LogP contribution in [0.3, 0.4) is 0 Å². The van der Waals surface area contributed by atoms with Crippen molar-refractivity contribution in [3.8, 4) is 17.2 Å². The molecular weight excluding hydrogens is 468 g/mol. The van der Waals surface area contributed by atoms with Crippen LogP contribution in [0, 0.1) is 0 Å². The van der Waals surface area contributed by atoms with Gasteiger partial charge in [0.15, 0.2) is 0 Å². The Bertz CT molecular complexity index is 1250. The molecular formula is C23H23ClN2O6S. The Labute approximate surface area is 197 Å². The summed E-state index contributed by atoms with van der Waals surface area (Å²) >= 11 is 6.11. The highest BCUT2D eigenvalue weighted by molar-refractivity contribution is 7.89. The number of amides is 1. The van der Waals surface area contributed by atoms with Gasteiger partial charge in [-0.15, -0.1) is 0 Å². The van der Waals surface area contributed by atoms with E-state index in [-0.39, 0.29) is 22.8 Å². The third-order valence-corrected chi connectivity index (χ3v) is 6.46. The second-order valence-corrected chi connectivity index (χ2v) is 8.96. The predicted octanol–water partition coefficient (Wildman–Crippen LogP) is 4.10. The first-order chi connectivity index (χ1) is 15.8. The summed E-state index contributed by atoms with van der Waals surface area (Å²) in [5.41, 5.74) is 1.20. The molecule has 0 saturated heterocycles. The molecule has 2 N–H and O–H groups in total. The van der Waals surface area contributed by atoms with Gasteiger partial charge in [0.1, 0.15) is 22.1 Å². The van der Waals surface area contributed by atoms with Gasteiger partial charge in [-0.05, 0) is 23.8 Å². The van der Waals surface area contributed by atoms with Crippen LogP contribution in [0.25, 0.3) is 0 Å². The molecule has 1 amide bonds. The van der Waals surface area contributed by atoms with Crippen LogP contribution in [-0.4, -0.2) is 35.7 Å². The summed E-state index contributed by atoms with van der Waals surface area (Å²) in [6.07, 6.45) is 0. The molecule has 0 bridgehead atoms. The fourth-order valence-corrected chi connectivity index (χ4v) is 4.47. The van der Waals surface area contributed by atoms with Crippen molar-refractivity contribution in [3.63, 3.8) is 0 Å². The average Bonchev–Trinajstić information content (AvgIpc) is 2.83. The maximum Gasteiger partial charge on any atom is 0.255 e. The number of benzene rings is 3. The number of hydrogen-bond acceptors (Lipinski definition) is 6. The van der Waals surface area contributed by atoms with Gasteiger partial charge >= 0.3 is 0 Å². The van der Waals surface area contributed by atoms with Crippen LogP contribution in [0.2, 0.25) is 5.02 Å². The first-order valence-electron chi connectivity index (χ1n) is 9.73. The molecule has 0 aliphatic carbocycles. The van der Waals surface area contributed by atoms with Crippen LogP contribution in [0.15, 0.2) is 65.6 Å². The van der Waals surface area contributed by atoms with Crippen molar-refractivity contribution in [1.29, 1.82) is 0 Å². The van der Waals surface area contributed by atoms with Gasteiger partial charge in [0.25, 0.3) is 5.91 Å². The van der Waals surface area contributed by atoms with Crippen molar-refractivity contribution in [2.75, 3.05) is 26.6 Å². The highest BCUT2D eigenvalue weighted by Gasteiger charge is 2.22. The minimum absolute atomic E-state index is 0.0878. The molecule has 0 saturated carbocycles. The molecule has 0 spiro atoms. The molecule has 174 valence electrons. The molecule has 0 heterocycles. The lowest BCUT2D eigenvalue weighted by Gasteiger charge is -2.15. The van der Waals surface area contributed by atoms with E-state index in [1.54, 1.807) is 12.1 Å². The highest BCUT2D eigenvalue weighted by Crippen LogP contribution is 2.36. The summed E-state index contributed by atoms with van der Waals surface area (Å²) in [5.74, 6) is 0.216. The summed E-state index contributed by atoms with van der Waals surface area (Å²) in [7, 11) is 0.262. The van der Waals surface area contributed by atoms with Crippen LogP contribution in [0.1, 0.15) is 15.9 Å². The quantitative estimate of drug-likeness (QED) is 0.468. The van der Waals surface area contributed by atoms with E-state index in [4.69, 9.17) is 25.8 Å². The van der Waals surface area contributed by atoms with Gasteiger partial charge in [-0.3, -0.25) is 4.79 Å². The van der Waals surface area contributed by atoms with Gasteiger partial charge in [-0.1, -0.05) is 41.9 Å². The van der Waals surface area contributed by atoms with Crippen LogP contribution < -0.4 is 24.2 Å². The zero-order chi connectivity index (χ0) is 24.0. The van der Waals surface area contributed by atoms with Crippen molar-refractivity contribution in [2.24, 2.45) is 0 Å². The molecule has 0 aliphatic heterocycles. The third-order valence-electron chi connectivity index (χ3n) is 4.75. The van der Waals surface area contributed by atoms with Crippen LogP contribution in [0.5, 0.6) is 17.2 Å². The van der Waals surface area contributed by atoms with Gasteiger partial charge in [0.2, 0.25) is 10.0 Å². The highest BCUT2D eigenvalue weighted by atomic mass is 35.5. The van der Waals surface area contributed by atoms with E-state index in [9.17, 15) is 13.2 Å². The number of sulfonamides is 1. The zero-order valence-corrected chi connectivity index (χ0v) is 19.8. The molecule has 10 heteroatoms. The minimum Gasteiger partial charge on any atom is -0.495 e. The SMILES string of the molecule is COc1cc(NC(=O)c2ccc(OC)c(S(=O)(=O)NCc3ccccc3)c2)c(OC)cc1Cl. The smallest absolute Gasteiger partial charge is 0.255 e. The van der Waals surface area contributed by atoms with Gasteiger partial charge in [0.05, 0.1) is 32.0 Å². The number of hydrogen-bond donors (Lipinski definition) is 2. The molecule has 0 aromatic heterocycles. The Morgan fingerprint density at radius 2 is 1.55 bits per heavy atom. The summed E-state index contributed by atoms with van der Waals surface area (Å²) in [6.45, 7) is 0.0878. The van der Waals surface area contributed by atoms with Gasteiger partial charge in [-0.25, -0.2) is 13.1 Å². The number of carbonyl (C=O) groups excluding carboxylic acids is 1. The Hall–Kier alpha value is -3.27. The summed E-state index contributed by atoms with van der Waals surface area (Å²) in [4.78, 5) is 12.8. The van der Waals surface area contributed by atoms with E-state index >= 15 is 0 Å². The van der Waals surface area contributed by atoms with Crippen molar-refractivity contribution >= 4 is 33.2 Å². The minimum atomic E-state index is -3.98. The van der Waals surface area contributed by atoms with Gasteiger partial charge < -0.3 is 19.5 Å². The second-order valence-electron chi connectivity index (χ2n) is 6.82. The van der Waals surface area contributed by atoms with Crippen LogP contribution >= 0.6 is 11.6 Å². The molecule has 8 nitrogen and oxygen atoms in total. The largest absolute Gasteiger partial charge is 0.495 e. The molecule has 3 aromatic carbocycles. The monoisotopic (exact) mass is 490 g/mol. The molecule has 0 aliphatic rings. The molecule has 3 aromatic rings. The van der Waals surface area contributed by atoms with E-state index in [0.29, 0.717) is 22.2 Å². The fourth-order valence-electron chi connectivity index (χ4n) is 3.03. The number of methoxy groups -OCH3 is 3. The lowest BCUT2D eigenvalue weighted by molar-refractivity contribution is 0.102. The number of rotatable bonds is 9. The van der Waals surface area contributed by atoms with E-state index in [2.05, 4.69) is 10.0 Å². The molecule has 0 fully saturated rings. The number of anilines is 1. The number of carbonyl (C=O) groups is 1. The second kappa shape index (κ2) is 10.6. The standard InChI is InChI=1S/C23H23ClN2O6S/c1-30-19-10-9-16(11-22(19)33(28,29)25-14-15-7-5-4-6-8-15)23(27)26-18-13-20(31-2)17(24)12-21(18)32-3/h4-13,25H,14H2,1-3H3,(H,26,27). The average molecular weight is 491 g/mol. The Morgan fingerprint density at radius 3 is 2.18 bits per heavy atom. The summed E-state index contributed by atoms with van der Waals surface area (Å²) in [6, 6.07) is 16.2. The van der Waals surface area contributed by atoms with Crippen molar-refractivity contribution in [3.05, 3.63) is 76.8 Å². The van der Waals surface area contributed by atoms with Crippen LogP contribution in [-0.2, 0) is 16.6 Å². The molecule has 0 atom stereocenters. The topological polar surface area (TPSA) is 103 Å². The maximum absolute atomic E-state index is 13.0. The lowest BCUT2D eigenvalue weighted by atomic mass is 10.2. The molecule has 33 heavy (non-hydrogen) atoms. The molecule has 0 unspecified atom stereocenters. The first-order valence-corrected chi connectivity index (χ1v) is 11.6. The van der Waals surface area contributed by atoms with Gasteiger partial charge in [0, 0.05) is 24.2 Å².